The summed E-state index contributed by atoms with van der Waals surface area (Å²) in [6, 6.07) is 19.6. The minimum absolute atomic E-state index is 0.153. The summed E-state index contributed by atoms with van der Waals surface area (Å²) in [5.41, 5.74) is 4.26. The second kappa shape index (κ2) is 8.61. The second-order valence-corrected chi connectivity index (χ2v) is 10.7. The molecule has 0 radical (unpaired) electrons. The molecule has 0 aromatic heterocycles. The molecule has 2 amide bonds. The van der Waals surface area contributed by atoms with Crippen molar-refractivity contribution in [2.75, 3.05) is 12.8 Å². The monoisotopic (exact) mass is 476 g/mol. The minimum atomic E-state index is -3.26. The van der Waals surface area contributed by atoms with Gasteiger partial charge in [-0.1, -0.05) is 48.5 Å². The number of benzene rings is 3. The predicted molar refractivity (Wildman–Crippen MR) is 127 cm³/mol. The quantitative estimate of drug-likeness (QED) is 0.570. The van der Waals surface area contributed by atoms with Crippen LogP contribution in [0.25, 0.3) is 11.1 Å². The van der Waals surface area contributed by atoms with E-state index in [1.54, 1.807) is 30.3 Å². The molecule has 0 unspecified atom stereocenters. The molecule has 2 aliphatic heterocycles. The molecule has 2 aliphatic rings. The van der Waals surface area contributed by atoms with Crippen LogP contribution in [0.3, 0.4) is 0 Å². The Kier molecular flexibility index (Phi) is 5.61. The van der Waals surface area contributed by atoms with E-state index in [2.05, 4.69) is 10.6 Å². The fraction of sp³-hybridized carbons (Fsp3) is 0.231. The third kappa shape index (κ3) is 4.28. The lowest BCUT2D eigenvalue weighted by atomic mass is 10.0. The van der Waals surface area contributed by atoms with Crippen molar-refractivity contribution in [2.45, 2.75) is 29.9 Å². The van der Waals surface area contributed by atoms with Crippen molar-refractivity contribution in [3.8, 4) is 16.9 Å². The molecule has 8 heteroatoms. The number of sulfone groups is 1. The molecule has 2 N–H and O–H groups in total. The van der Waals surface area contributed by atoms with Gasteiger partial charge in [0.15, 0.2) is 9.84 Å². The molecule has 0 bridgehead atoms. The molecule has 3 aromatic rings. The Morgan fingerprint density at radius 2 is 1.76 bits per heavy atom. The summed E-state index contributed by atoms with van der Waals surface area (Å²) in [6.45, 7) is 0.349. The van der Waals surface area contributed by atoms with Crippen LogP contribution in [0, 0.1) is 0 Å². The summed E-state index contributed by atoms with van der Waals surface area (Å²) >= 11 is 0. The van der Waals surface area contributed by atoms with Gasteiger partial charge in [-0.15, -0.1) is 0 Å². The molecule has 3 aromatic carbocycles. The molecular weight excluding hydrogens is 452 g/mol. The van der Waals surface area contributed by atoms with Gasteiger partial charge in [-0.05, 0) is 34.9 Å². The Bertz CT molecular complexity index is 1380. The molecule has 0 saturated heterocycles. The normalized spacial score (nSPS) is 18.6. The minimum Gasteiger partial charge on any atom is -0.487 e. The maximum atomic E-state index is 12.6. The van der Waals surface area contributed by atoms with E-state index in [4.69, 9.17) is 4.74 Å². The standard InChI is InChI=1S/C26H24N2O5S/c1-34(31,32)19-11-9-16(10-12-19)20-8-4-5-17-13-18(33-25(17)20)15-27-24(29)14-23-21-6-2-3-7-22(21)26(30)28-23/h2-12,18,23H,13-15H2,1H3,(H,27,29)(H,28,30)/t18-,23+/m1/s1. The van der Waals surface area contributed by atoms with E-state index in [9.17, 15) is 18.0 Å². The molecular formula is C26H24N2O5S. The van der Waals surface area contributed by atoms with Gasteiger partial charge in [0.2, 0.25) is 5.91 Å². The summed E-state index contributed by atoms with van der Waals surface area (Å²) in [7, 11) is -3.26. The van der Waals surface area contributed by atoms with Crippen molar-refractivity contribution in [1.82, 2.24) is 10.6 Å². The fourth-order valence-corrected chi connectivity index (χ4v) is 5.16. The van der Waals surface area contributed by atoms with Crippen molar-refractivity contribution in [2.24, 2.45) is 0 Å². The zero-order valence-electron chi connectivity index (χ0n) is 18.6. The molecule has 0 aliphatic carbocycles. The number of amides is 2. The highest BCUT2D eigenvalue weighted by molar-refractivity contribution is 7.90. The topological polar surface area (TPSA) is 102 Å². The maximum Gasteiger partial charge on any atom is 0.252 e. The number of hydrogen-bond acceptors (Lipinski definition) is 5. The highest BCUT2D eigenvalue weighted by atomic mass is 32.2. The lowest BCUT2D eigenvalue weighted by Crippen LogP contribution is -2.36. The predicted octanol–water partition coefficient (Wildman–Crippen LogP) is 3.05. The van der Waals surface area contributed by atoms with E-state index in [1.165, 1.54) is 6.26 Å². The largest absolute Gasteiger partial charge is 0.487 e. The van der Waals surface area contributed by atoms with Gasteiger partial charge < -0.3 is 15.4 Å². The van der Waals surface area contributed by atoms with Crippen LogP contribution in [-0.4, -0.2) is 39.1 Å². The average Bonchev–Trinajstić information content (AvgIpc) is 3.38. The first-order chi connectivity index (χ1) is 16.3. The Morgan fingerprint density at radius 3 is 2.53 bits per heavy atom. The smallest absolute Gasteiger partial charge is 0.252 e. The number of hydrogen-bond donors (Lipinski definition) is 2. The Hall–Kier alpha value is -3.65. The highest BCUT2D eigenvalue weighted by Gasteiger charge is 2.30. The van der Waals surface area contributed by atoms with E-state index >= 15 is 0 Å². The molecule has 0 fully saturated rings. The van der Waals surface area contributed by atoms with Crippen molar-refractivity contribution in [3.05, 3.63) is 83.4 Å². The number of rotatable bonds is 6. The first-order valence-electron chi connectivity index (χ1n) is 11.0. The number of ether oxygens (including phenoxy) is 1. The third-order valence-corrected chi connectivity index (χ3v) is 7.35. The summed E-state index contributed by atoms with van der Waals surface area (Å²) < 4.78 is 29.7. The zero-order valence-corrected chi connectivity index (χ0v) is 19.4. The van der Waals surface area contributed by atoms with Crippen LogP contribution in [0.1, 0.15) is 33.9 Å². The first-order valence-corrected chi connectivity index (χ1v) is 12.9. The second-order valence-electron chi connectivity index (χ2n) is 8.66. The van der Waals surface area contributed by atoms with Crippen molar-refractivity contribution in [3.63, 3.8) is 0 Å². The summed E-state index contributed by atoms with van der Waals surface area (Å²) in [6.07, 6.45) is 1.80. The number of carbonyl (C=O) groups is 2. The van der Waals surface area contributed by atoms with Crippen LogP contribution in [0.15, 0.2) is 71.6 Å². The molecule has 5 rings (SSSR count). The van der Waals surface area contributed by atoms with E-state index in [-0.39, 0.29) is 35.3 Å². The van der Waals surface area contributed by atoms with Gasteiger partial charge in [0.05, 0.1) is 23.9 Å². The molecule has 2 atom stereocenters. The van der Waals surface area contributed by atoms with E-state index in [0.29, 0.717) is 18.5 Å². The van der Waals surface area contributed by atoms with Crippen LogP contribution in [0.2, 0.25) is 0 Å². The van der Waals surface area contributed by atoms with Crippen LogP contribution in [-0.2, 0) is 21.1 Å². The highest BCUT2D eigenvalue weighted by Crippen LogP contribution is 2.39. The van der Waals surface area contributed by atoms with Gasteiger partial charge in [0, 0.05) is 23.8 Å². The Balaban J connectivity index is 1.22. The lowest BCUT2D eigenvalue weighted by Gasteiger charge is -2.15. The van der Waals surface area contributed by atoms with Crippen LogP contribution in [0.5, 0.6) is 5.75 Å². The number of nitrogens with one attached hydrogen (secondary N) is 2. The lowest BCUT2D eigenvalue weighted by molar-refractivity contribution is -0.121. The van der Waals surface area contributed by atoms with Crippen molar-refractivity contribution in [1.29, 1.82) is 0 Å². The van der Waals surface area contributed by atoms with Crippen LogP contribution >= 0.6 is 0 Å². The zero-order chi connectivity index (χ0) is 23.9. The molecule has 174 valence electrons. The number of fused-ring (bicyclic) bond motifs is 2. The molecule has 0 spiro atoms. The number of carbonyl (C=O) groups excluding carboxylic acids is 2. The SMILES string of the molecule is CS(=O)(=O)c1ccc(-c2cccc3c2O[C@@H](CNC(=O)C[C@@H]2NC(=O)c4ccccc42)C3)cc1. The van der Waals surface area contributed by atoms with Crippen LogP contribution in [0.4, 0.5) is 0 Å². The Morgan fingerprint density at radius 1 is 1.03 bits per heavy atom. The fourth-order valence-electron chi connectivity index (χ4n) is 4.53. The summed E-state index contributed by atoms with van der Waals surface area (Å²) in [5.74, 6) is 0.448. The molecule has 2 heterocycles. The van der Waals surface area contributed by atoms with E-state index < -0.39 is 9.84 Å². The number of para-hydroxylation sites is 1. The van der Waals surface area contributed by atoms with Crippen molar-refractivity contribution < 1.29 is 22.7 Å². The van der Waals surface area contributed by atoms with Gasteiger partial charge in [-0.2, -0.15) is 0 Å². The average molecular weight is 477 g/mol. The Labute approximate surface area is 198 Å². The molecule has 34 heavy (non-hydrogen) atoms. The summed E-state index contributed by atoms with van der Waals surface area (Å²) in [5, 5.41) is 5.80. The van der Waals surface area contributed by atoms with Gasteiger partial charge in [0.25, 0.3) is 5.91 Å². The van der Waals surface area contributed by atoms with Gasteiger partial charge in [0.1, 0.15) is 11.9 Å². The van der Waals surface area contributed by atoms with Gasteiger partial charge in [-0.3, -0.25) is 9.59 Å². The van der Waals surface area contributed by atoms with Crippen LogP contribution < -0.4 is 15.4 Å². The van der Waals surface area contributed by atoms with Gasteiger partial charge in [-0.25, -0.2) is 8.42 Å². The van der Waals surface area contributed by atoms with E-state index in [1.807, 2.05) is 36.4 Å². The maximum absolute atomic E-state index is 12.6. The van der Waals surface area contributed by atoms with Gasteiger partial charge >= 0.3 is 0 Å². The third-order valence-electron chi connectivity index (χ3n) is 6.22. The summed E-state index contributed by atoms with van der Waals surface area (Å²) in [4.78, 5) is 24.9. The van der Waals surface area contributed by atoms with E-state index in [0.717, 1.165) is 28.0 Å². The molecule has 0 saturated carbocycles. The molecule has 7 nitrogen and oxygen atoms in total. The van der Waals surface area contributed by atoms with Crippen molar-refractivity contribution >= 4 is 21.7 Å². The first kappa shape index (κ1) is 22.2.